The van der Waals surface area contributed by atoms with E-state index in [0.29, 0.717) is 12.8 Å². The zero-order chi connectivity index (χ0) is 15.6. The Balaban J connectivity index is 2.17. The lowest BCUT2D eigenvalue weighted by molar-refractivity contribution is -0.147. The molecule has 0 saturated heterocycles. The van der Waals surface area contributed by atoms with Crippen LogP contribution in [0.25, 0.3) is 0 Å². The number of nitrogens with one attached hydrogen (secondary N) is 1. The van der Waals surface area contributed by atoms with Crippen LogP contribution in [0.4, 0.5) is 5.69 Å². The Morgan fingerprint density at radius 1 is 1.29 bits per heavy atom. The number of hydrogen-bond donors (Lipinski definition) is 2. The highest BCUT2D eigenvalue weighted by molar-refractivity contribution is 5.96. The minimum Gasteiger partial charge on any atom is -0.481 e. The summed E-state index contributed by atoms with van der Waals surface area (Å²) in [6.45, 7) is 6.50. The second-order valence-corrected chi connectivity index (χ2v) is 5.69. The van der Waals surface area contributed by atoms with E-state index in [1.807, 2.05) is 25.5 Å². The molecule has 1 aromatic heterocycles. The largest absolute Gasteiger partial charge is 0.481 e. The van der Waals surface area contributed by atoms with Gasteiger partial charge in [-0.25, -0.2) is 0 Å². The van der Waals surface area contributed by atoms with Gasteiger partial charge in [0.15, 0.2) is 0 Å². The summed E-state index contributed by atoms with van der Waals surface area (Å²) in [4.78, 5) is 23.8. The van der Waals surface area contributed by atoms with Gasteiger partial charge in [-0.3, -0.25) is 14.3 Å². The van der Waals surface area contributed by atoms with Crippen LogP contribution in [0.5, 0.6) is 0 Å². The van der Waals surface area contributed by atoms with Gasteiger partial charge >= 0.3 is 5.97 Å². The molecule has 21 heavy (non-hydrogen) atoms. The van der Waals surface area contributed by atoms with Gasteiger partial charge in [-0.1, -0.05) is 12.8 Å². The Bertz CT molecular complexity index is 551. The molecule has 1 saturated carbocycles. The van der Waals surface area contributed by atoms with Crippen LogP contribution in [0.3, 0.4) is 0 Å². The van der Waals surface area contributed by atoms with Gasteiger partial charge in [-0.2, -0.15) is 5.10 Å². The van der Waals surface area contributed by atoms with Crippen LogP contribution < -0.4 is 5.32 Å². The standard InChI is InChI=1S/C15H23N3O3/c1-4-18-10(3)13(9(2)17-18)16-14(19)11-7-5-6-8-12(11)15(20)21/h11-12H,4-8H2,1-3H3,(H,16,19)(H,20,21). The summed E-state index contributed by atoms with van der Waals surface area (Å²) in [7, 11) is 0. The first kappa shape index (κ1) is 15.5. The molecule has 6 heteroatoms. The van der Waals surface area contributed by atoms with Crippen molar-refractivity contribution in [1.29, 1.82) is 0 Å². The zero-order valence-corrected chi connectivity index (χ0v) is 12.8. The highest BCUT2D eigenvalue weighted by Gasteiger charge is 2.36. The minimum absolute atomic E-state index is 0.191. The third-order valence-electron chi connectivity index (χ3n) is 4.35. The fourth-order valence-corrected chi connectivity index (χ4v) is 3.14. The van der Waals surface area contributed by atoms with Gasteiger partial charge in [-0.15, -0.1) is 0 Å². The molecule has 1 fully saturated rings. The first-order chi connectivity index (χ1) is 9.95. The van der Waals surface area contributed by atoms with Crippen LogP contribution in [-0.4, -0.2) is 26.8 Å². The molecule has 0 spiro atoms. The van der Waals surface area contributed by atoms with Crippen molar-refractivity contribution in [2.24, 2.45) is 11.8 Å². The highest BCUT2D eigenvalue weighted by Crippen LogP contribution is 2.32. The molecule has 1 aliphatic rings. The van der Waals surface area contributed by atoms with Gasteiger partial charge in [-0.05, 0) is 33.6 Å². The van der Waals surface area contributed by atoms with Gasteiger partial charge in [0, 0.05) is 6.54 Å². The molecular weight excluding hydrogens is 270 g/mol. The molecule has 1 heterocycles. The van der Waals surface area contributed by atoms with Gasteiger partial charge in [0.05, 0.1) is 28.9 Å². The molecule has 116 valence electrons. The molecule has 0 aliphatic heterocycles. The lowest BCUT2D eigenvalue weighted by atomic mass is 9.78. The lowest BCUT2D eigenvalue weighted by Crippen LogP contribution is -2.36. The number of aliphatic carboxylic acids is 1. The van der Waals surface area contributed by atoms with Crippen molar-refractivity contribution in [3.8, 4) is 0 Å². The van der Waals surface area contributed by atoms with Crippen molar-refractivity contribution in [3.63, 3.8) is 0 Å². The summed E-state index contributed by atoms with van der Waals surface area (Å²) in [6.07, 6.45) is 3.02. The van der Waals surface area contributed by atoms with Crippen molar-refractivity contribution >= 4 is 17.6 Å². The summed E-state index contributed by atoms with van der Waals surface area (Å²) < 4.78 is 1.83. The van der Waals surface area contributed by atoms with Crippen molar-refractivity contribution < 1.29 is 14.7 Å². The van der Waals surface area contributed by atoms with E-state index in [9.17, 15) is 14.7 Å². The second kappa shape index (κ2) is 6.28. The number of carbonyl (C=O) groups excluding carboxylic acids is 1. The van der Waals surface area contributed by atoms with E-state index < -0.39 is 17.8 Å². The molecule has 0 aromatic carbocycles. The van der Waals surface area contributed by atoms with Crippen LogP contribution in [0.15, 0.2) is 0 Å². The molecule has 2 N–H and O–H groups in total. The number of rotatable bonds is 4. The van der Waals surface area contributed by atoms with E-state index in [-0.39, 0.29) is 5.91 Å². The Kier molecular flexibility index (Phi) is 4.65. The molecular formula is C15H23N3O3. The van der Waals surface area contributed by atoms with Gasteiger partial charge in [0.1, 0.15) is 0 Å². The van der Waals surface area contributed by atoms with E-state index in [0.717, 1.165) is 36.5 Å². The number of anilines is 1. The maximum Gasteiger partial charge on any atom is 0.307 e. The SMILES string of the molecule is CCn1nc(C)c(NC(=O)C2CCCCC2C(=O)O)c1C. The van der Waals surface area contributed by atoms with E-state index >= 15 is 0 Å². The number of nitrogens with zero attached hydrogens (tertiary/aromatic N) is 2. The Morgan fingerprint density at radius 3 is 2.43 bits per heavy atom. The van der Waals surface area contributed by atoms with Crippen molar-refractivity contribution in [3.05, 3.63) is 11.4 Å². The molecule has 2 rings (SSSR count). The quantitative estimate of drug-likeness (QED) is 0.892. The number of carboxylic acid groups (broad SMARTS) is 1. The number of hydrogen-bond acceptors (Lipinski definition) is 3. The molecule has 2 unspecified atom stereocenters. The van der Waals surface area contributed by atoms with Crippen molar-refractivity contribution in [2.75, 3.05) is 5.32 Å². The average molecular weight is 293 g/mol. The number of aryl methyl sites for hydroxylation is 2. The molecule has 2 atom stereocenters. The van der Waals surface area contributed by atoms with Crippen molar-refractivity contribution in [1.82, 2.24) is 9.78 Å². The van der Waals surface area contributed by atoms with Crippen LogP contribution >= 0.6 is 0 Å². The first-order valence-corrected chi connectivity index (χ1v) is 7.53. The molecule has 1 amide bonds. The smallest absolute Gasteiger partial charge is 0.307 e. The fourth-order valence-electron chi connectivity index (χ4n) is 3.14. The second-order valence-electron chi connectivity index (χ2n) is 5.69. The summed E-state index contributed by atoms with van der Waals surface area (Å²) in [5, 5.41) is 16.5. The van der Waals surface area contributed by atoms with E-state index in [1.165, 1.54) is 0 Å². The van der Waals surface area contributed by atoms with E-state index in [1.54, 1.807) is 0 Å². The minimum atomic E-state index is -0.868. The zero-order valence-electron chi connectivity index (χ0n) is 12.8. The Labute approximate surface area is 124 Å². The third-order valence-corrected chi connectivity index (χ3v) is 4.35. The fraction of sp³-hybridized carbons (Fsp3) is 0.667. The molecule has 6 nitrogen and oxygen atoms in total. The molecule has 0 bridgehead atoms. The number of amides is 1. The van der Waals surface area contributed by atoms with Gasteiger partial charge < -0.3 is 10.4 Å². The first-order valence-electron chi connectivity index (χ1n) is 7.53. The molecule has 0 radical (unpaired) electrons. The van der Waals surface area contributed by atoms with Gasteiger partial charge in [0.2, 0.25) is 5.91 Å². The monoisotopic (exact) mass is 293 g/mol. The summed E-state index contributed by atoms with van der Waals surface area (Å²) in [6, 6.07) is 0. The highest BCUT2D eigenvalue weighted by atomic mass is 16.4. The summed E-state index contributed by atoms with van der Waals surface area (Å²) in [5.41, 5.74) is 2.40. The predicted octanol–water partition coefficient (Wildman–Crippen LogP) is 2.35. The molecule has 1 aliphatic carbocycles. The number of aromatic nitrogens is 2. The number of carbonyl (C=O) groups is 2. The summed E-state index contributed by atoms with van der Waals surface area (Å²) in [5.74, 6) is -2.07. The topological polar surface area (TPSA) is 84.2 Å². The Hall–Kier alpha value is -1.85. The third kappa shape index (κ3) is 3.09. The van der Waals surface area contributed by atoms with Gasteiger partial charge in [0.25, 0.3) is 0 Å². The predicted molar refractivity (Wildman–Crippen MR) is 79.1 cm³/mol. The lowest BCUT2D eigenvalue weighted by Gasteiger charge is -2.27. The normalized spacial score (nSPS) is 22.0. The van der Waals surface area contributed by atoms with E-state index in [2.05, 4.69) is 10.4 Å². The summed E-state index contributed by atoms with van der Waals surface area (Å²) >= 11 is 0. The van der Waals surface area contributed by atoms with Crippen LogP contribution in [0.1, 0.15) is 44.0 Å². The Morgan fingerprint density at radius 2 is 1.90 bits per heavy atom. The van der Waals surface area contributed by atoms with Crippen LogP contribution in [-0.2, 0) is 16.1 Å². The molecule has 1 aromatic rings. The van der Waals surface area contributed by atoms with Crippen molar-refractivity contribution in [2.45, 2.75) is 53.0 Å². The maximum absolute atomic E-state index is 12.5. The number of carboxylic acids is 1. The average Bonchev–Trinajstić information content (AvgIpc) is 2.74. The van der Waals surface area contributed by atoms with Crippen LogP contribution in [0.2, 0.25) is 0 Å². The maximum atomic E-state index is 12.5. The van der Waals surface area contributed by atoms with E-state index in [4.69, 9.17) is 0 Å². The van der Waals surface area contributed by atoms with Crippen LogP contribution in [0, 0.1) is 25.7 Å².